The normalized spacial score (nSPS) is 25.1. The Balaban J connectivity index is 2.04. The van der Waals surface area contributed by atoms with Crippen LogP contribution in [0.3, 0.4) is 0 Å². The molecule has 0 amide bonds. The fourth-order valence-corrected chi connectivity index (χ4v) is 2.29. The molecule has 3 heteroatoms. The summed E-state index contributed by atoms with van der Waals surface area (Å²) in [5.41, 5.74) is 0. The van der Waals surface area contributed by atoms with E-state index in [1.165, 1.54) is 22.2 Å². The quantitative estimate of drug-likeness (QED) is 0.245. The Morgan fingerprint density at radius 3 is 2.14 bits per heavy atom. The van der Waals surface area contributed by atoms with E-state index in [9.17, 15) is 0 Å². The predicted octanol–water partition coefficient (Wildman–Crippen LogP) is -3.82. The van der Waals surface area contributed by atoms with Gasteiger partial charge in [-0.05, 0) is 0 Å². The van der Waals surface area contributed by atoms with Crippen molar-refractivity contribution in [2.75, 3.05) is 22.2 Å². The van der Waals surface area contributed by atoms with Crippen molar-refractivity contribution in [3.63, 3.8) is 0 Å². The van der Waals surface area contributed by atoms with Crippen LogP contribution in [0, 0.1) is 0 Å². The summed E-state index contributed by atoms with van der Waals surface area (Å²) in [6.07, 6.45) is 0. The van der Waals surface area contributed by atoms with Gasteiger partial charge in [-0.15, -0.1) is 0 Å². The van der Waals surface area contributed by atoms with E-state index >= 15 is 0 Å². The molecule has 2 nitrogen and oxygen atoms in total. The fraction of sp³-hybridized carbons (Fsp3) is 1.00. The molecule has 7 heavy (non-hydrogen) atoms. The van der Waals surface area contributed by atoms with E-state index in [0.29, 0.717) is 21.2 Å². The minimum absolute atomic E-state index is 0.465. The van der Waals surface area contributed by atoms with E-state index in [-0.39, 0.29) is 0 Å². The number of rotatable bonds is 0. The summed E-state index contributed by atoms with van der Waals surface area (Å²) >= 11 is 0.465. The summed E-state index contributed by atoms with van der Waals surface area (Å²) in [5.74, 6) is 0. The zero-order valence-electron chi connectivity index (χ0n) is 4.21. The molecule has 0 aromatic heterocycles. The number of hydrogen-bond donors (Lipinski definition) is 2. The minimum atomic E-state index is 0.465. The van der Waals surface area contributed by atoms with Crippen LogP contribution >= 0.6 is 0 Å². The second-order valence-corrected chi connectivity index (χ2v) is 4.06. The summed E-state index contributed by atoms with van der Waals surface area (Å²) in [6.45, 7) is 2.33. The first kappa shape index (κ1) is 5.78. The summed E-state index contributed by atoms with van der Waals surface area (Å²) in [6, 6.07) is 0. The molecule has 1 rings (SSSR count). The zero-order valence-corrected chi connectivity index (χ0v) is 6.36. The third kappa shape index (κ3) is 2.46. The number of alkyl halides is 2. The van der Waals surface area contributed by atoms with E-state index < -0.39 is 0 Å². The van der Waals surface area contributed by atoms with Crippen molar-refractivity contribution < 1.29 is 21.2 Å². The zero-order chi connectivity index (χ0) is 4.95. The molecule has 0 bridgehead atoms. The summed E-state index contributed by atoms with van der Waals surface area (Å²) < 4.78 is 2.60. The Kier molecular flexibility index (Phi) is 3.00. The first-order valence-electron chi connectivity index (χ1n) is 2.45. The second-order valence-electron chi connectivity index (χ2n) is 1.46. The Hall–Kier alpha value is 0.650. The van der Waals surface area contributed by atoms with Gasteiger partial charge < -0.3 is 0 Å². The van der Waals surface area contributed by atoms with E-state index in [1.807, 2.05) is 0 Å². The molecule has 2 N–H and O–H groups in total. The standard InChI is InChI=1S/C4H10IN2/c1-2-7-4-5-3-6-1/h6-7H,1-4H2/q-1. The van der Waals surface area contributed by atoms with Crippen molar-refractivity contribution in [1.82, 2.24) is 10.6 Å². The maximum absolute atomic E-state index is 3.33. The van der Waals surface area contributed by atoms with Crippen LogP contribution in [0.4, 0.5) is 0 Å². The molecule has 1 heterocycles. The van der Waals surface area contributed by atoms with Gasteiger partial charge in [-0.25, -0.2) is 0 Å². The van der Waals surface area contributed by atoms with E-state index in [4.69, 9.17) is 0 Å². The molecule has 0 radical (unpaired) electrons. The summed E-state index contributed by atoms with van der Waals surface area (Å²) in [4.78, 5) is 0. The van der Waals surface area contributed by atoms with Gasteiger partial charge in [0.15, 0.2) is 0 Å². The second kappa shape index (κ2) is 3.63. The average molecular weight is 213 g/mol. The van der Waals surface area contributed by atoms with Gasteiger partial charge in [0.2, 0.25) is 0 Å². The molecule has 0 aromatic carbocycles. The fourth-order valence-electron chi connectivity index (χ4n) is 0.491. The van der Waals surface area contributed by atoms with Crippen LogP contribution in [0.25, 0.3) is 0 Å². The van der Waals surface area contributed by atoms with Crippen LogP contribution in [0.2, 0.25) is 0 Å². The van der Waals surface area contributed by atoms with E-state index in [1.54, 1.807) is 0 Å². The van der Waals surface area contributed by atoms with Crippen LogP contribution < -0.4 is 31.8 Å². The molecule has 1 fully saturated rings. The van der Waals surface area contributed by atoms with Gasteiger partial charge >= 0.3 is 54.0 Å². The van der Waals surface area contributed by atoms with Crippen LogP contribution in [-0.2, 0) is 0 Å². The van der Waals surface area contributed by atoms with Gasteiger partial charge in [0, 0.05) is 0 Å². The first-order chi connectivity index (χ1) is 3.50. The monoisotopic (exact) mass is 213 g/mol. The van der Waals surface area contributed by atoms with Crippen LogP contribution in [0.15, 0.2) is 0 Å². The van der Waals surface area contributed by atoms with Crippen molar-refractivity contribution in [3.8, 4) is 0 Å². The first-order valence-corrected chi connectivity index (χ1v) is 5.50. The van der Waals surface area contributed by atoms with Crippen molar-refractivity contribution in [3.05, 3.63) is 0 Å². The third-order valence-corrected chi connectivity index (χ3v) is 3.01. The molecule has 0 aliphatic carbocycles. The number of hydrogen-bond acceptors (Lipinski definition) is 2. The number of halogens is 1. The molecular weight excluding hydrogens is 203 g/mol. The Morgan fingerprint density at radius 1 is 1.00 bits per heavy atom. The average Bonchev–Trinajstić information content (AvgIpc) is 1.90. The molecule has 0 atom stereocenters. The van der Waals surface area contributed by atoms with Gasteiger partial charge in [-0.2, -0.15) is 0 Å². The Labute approximate surface area is 54.3 Å². The molecule has 1 saturated heterocycles. The van der Waals surface area contributed by atoms with Crippen LogP contribution in [0.5, 0.6) is 0 Å². The van der Waals surface area contributed by atoms with E-state index in [2.05, 4.69) is 10.6 Å². The Bertz CT molecular complexity index is 29.3. The SMILES string of the molecule is C1CNC[I-]CN1. The molecule has 44 valence electrons. The molecule has 0 spiro atoms. The number of nitrogens with one attached hydrogen (secondary N) is 2. The van der Waals surface area contributed by atoms with Gasteiger partial charge in [0.25, 0.3) is 0 Å². The molecular formula is C4H10IN2-. The van der Waals surface area contributed by atoms with Gasteiger partial charge in [0.05, 0.1) is 0 Å². The van der Waals surface area contributed by atoms with Crippen molar-refractivity contribution >= 4 is 0 Å². The predicted molar refractivity (Wildman–Crippen MR) is 25.7 cm³/mol. The molecule has 1 aliphatic rings. The van der Waals surface area contributed by atoms with Gasteiger partial charge in [-0.1, -0.05) is 0 Å². The van der Waals surface area contributed by atoms with Gasteiger partial charge in [0.1, 0.15) is 0 Å². The van der Waals surface area contributed by atoms with Gasteiger partial charge in [-0.3, -0.25) is 0 Å². The topological polar surface area (TPSA) is 24.1 Å². The van der Waals surface area contributed by atoms with Crippen molar-refractivity contribution in [2.45, 2.75) is 0 Å². The molecule has 0 aromatic rings. The molecule has 1 aliphatic heterocycles. The molecule has 0 saturated carbocycles. The van der Waals surface area contributed by atoms with E-state index in [0.717, 1.165) is 0 Å². The van der Waals surface area contributed by atoms with Crippen molar-refractivity contribution in [1.29, 1.82) is 0 Å². The van der Waals surface area contributed by atoms with Crippen molar-refractivity contribution in [2.24, 2.45) is 0 Å². The Morgan fingerprint density at radius 2 is 1.57 bits per heavy atom. The maximum atomic E-state index is 3.33. The summed E-state index contributed by atoms with van der Waals surface area (Å²) in [5, 5.41) is 6.67. The third-order valence-electron chi connectivity index (χ3n) is 0.857. The van der Waals surface area contributed by atoms with Crippen LogP contribution in [-0.4, -0.2) is 22.2 Å². The molecule has 0 unspecified atom stereocenters. The summed E-state index contributed by atoms with van der Waals surface area (Å²) in [7, 11) is 0. The van der Waals surface area contributed by atoms with Crippen LogP contribution in [0.1, 0.15) is 0 Å².